The van der Waals surface area contributed by atoms with Crippen LogP contribution in [0.3, 0.4) is 0 Å². The molecule has 1 heterocycles. The average molecular weight is 270 g/mol. The Morgan fingerprint density at radius 3 is 2.65 bits per heavy atom. The van der Waals surface area contributed by atoms with Gasteiger partial charge in [0.25, 0.3) is 0 Å². The normalized spacial score (nSPS) is 10.7. The Balaban J connectivity index is 2.28. The Hall–Kier alpha value is -2.69. The first-order valence-electron chi connectivity index (χ1n) is 6.16. The van der Waals surface area contributed by atoms with Gasteiger partial charge in [0.1, 0.15) is 5.75 Å². The van der Waals surface area contributed by atoms with Crippen LogP contribution >= 0.6 is 0 Å². The van der Waals surface area contributed by atoms with Gasteiger partial charge in [0.05, 0.1) is 12.2 Å². The van der Waals surface area contributed by atoms with Crippen molar-refractivity contribution in [1.29, 1.82) is 0 Å². The molecule has 1 aromatic carbocycles. The summed E-state index contributed by atoms with van der Waals surface area (Å²) >= 11 is 0. The van der Waals surface area contributed by atoms with Gasteiger partial charge in [0.2, 0.25) is 0 Å². The second-order valence-electron chi connectivity index (χ2n) is 3.94. The molecular formula is C15H14N2O3. The Morgan fingerprint density at radius 2 is 2.00 bits per heavy atom. The van der Waals surface area contributed by atoms with E-state index >= 15 is 0 Å². The van der Waals surface area contributed by atoms with Gasteiger partial charge < -0.3 is 9.84 Å². The van der Waals surface area contributed by atoms with Crippen molar-refractivity contribution in [2.75, 3.05) is 6.61 Å². The number of ether oxygens (including phenoxy) is 1. The number of aromatic nitrogens is 2. The fourth-order valence-electron chi connectivity index (χ4n) is 1.66. The molecule has 20 heavy (non-hydrogen) atoms. The summed E-state index contributed by atoms with van der Waals surface area (Å²) in [7, 11) is 0. The number of hydrogen-bond donors (Lipinski definition) is 1. The van der Waals surface area contributed by atoms with Crippen LogP contribution in [0.1, 0.15) is 12.5 Å². The molecule has 0 bridgehead atoms. The fourth-order valence-corrected chi connectivity index (χ4v) is 1.66. The number of hydrogen-bond acceptors (Lipinski definition) is 4. The molecule has 1 aromatic heterocycles. The number of benzene rings is 1. The molecule has 0 aliphatic carbocycles. The van der Waals surface area contributed by atoms with Crippen molar-refractivity contribution in [1.82, 2.24) is 9.97 Å². The van der Waals surface area contributed by atoms with Crippen molar-refractivity contribution in [3.63, 3.8) is 0 Å². The maximum absolute atomic E-state index is 10.4. The van der Waals surface area contributed by atoms with Crippen LogP contribution in [-0.2, 0) is 4.79 Å². The predicted molar refractivity (Wildman–Crippen MR) is 75.3 cm³/mol. The number of nitrogens with zero attached hydrogens (tertiary/aromatic N) is 2. The van der Waals surface area contributed by atoms with E-state index in [-0.39, 0.29) is 0 Å². The lowest BCUT2D eigenvalue weighted by molar-refractivity contribution is -0.131. The van der Waals surface area contributed by atoms with Gasteiger partial charge in [0.15, 0.2) is 5.82 Å². The molecule has 5 heteroatoms. The van der Waals surface area contributed by atoms with Gasteiger partial charge in [-0.15, -0.1) is 0 Å². The second-order valence-corrected chi connectivity index (χ2v) is 3.94. The van der Waals surface area contributed by atoms with Gasteiger partial charge >= 0.3 is 5.97 Å². The molecule has 1 N–H and O–H groups in total. The first kappa shape index (κ1) is 13.7. The molecule has 0 fully saturated rings. The standard InChI is InChI=1S/C15H14N2O3/c1-2-20-13-6-4-3-5-12(13)15-16-9-11(10-17-15)7-8-14(18)19/h3-10H,2H2,1H3,(H,18,19)/b8-7+. The van der Waals surface area contributed by atoms with E-state index in [9.17, 15) is 4.79 Å². The number of para-hydroxylation sites is 1. The minimum Gasteiger partial charge on any atom is -0.493 e. The monoisotopic (exact) mass is 270 g/mol. The Bertz CT molecular complexity index is 621. The third-order valence-corrected chi connectivity index (χ3v) is 2.52. The third kappa shape index (κ3) is 3.41. The molecule has 0 spiro atoms. The van der Waals surface area contributed by atoms with Crippen molar-refractivity contribution in [3.8, 4) is 17.1 Å². The van der Waals surface area contributed by atoms with Gasteiger partial charge in [-0.3, -0.25) is 0 Å². The smallest absolute Gasteiger partial charge is 0.328 e. The topological polar surface area (TPSA) is 72.3 Å². The van der Waals surface area contributed by atoms with E-state index in [1.807, 2.05) is 31.2 Å². The molecule has 2 aromatic rings. The number of carboxylic acid groups (broad SMARTS) is 1. The highest BCUT2D eigenvalue weighted by Crippen LogP contribution is 2.26. The van der Waals surface area contributed by atoms with E-state index < -0.39 is 5.97 Å². The predicted octanol–water partition coefficient (Wildman–Crippen LogP) is 2.64. The maximum Gasteiger partial charge on any atom is 0.328 e. The van der Waals surface area contributed by atoms with Gasteiger partial charge in [-0.2, -0.15) is 0 Å². The maximum atomic E-state index is 10.4. The zero-order chi connectivity index (χ0) is 14.4. The number of rotatable bonds is 5. The molecule has 0 aliphatic rings. The molecular weight excluding hydrogens is 256 g/mol. The van der Waals surface area contributed by atoms with Gasteiger partial charge in [0, 0.05) is 24.0 Å². The molecule has 0 aliphatic heterocycles. The molecule has 0 atom stereocenters. The van der Waals surface area contributed by atoms with Crippen molar-refractivity contribution < 1.29 is 14.6 Å². The van der Waals surface area contributed by atoms with Crippen molar-refractivity contribution in [2.24, 2.45) is 0 Å². The molecule has 5 nitrogen and oxygen atoms in total. The number of carbonyl (C=O) groups is 1. The molecule has 0 radical (unpaired) electrons. The highest BCUT2D eigenvalue weighted by atomic mass is 16.5. The summed E-state index contributed by atoms with van der Waals surface area (Å²) in [5.74, 6) is 0.265. The second kappa shape index (κ2) is 6.47. The van der Waals surface area contributed by atoms with Crippen LogP contribution < -0.4 is 4.74 Å². The van der Waals surface area contributed by atoms with Crippen LogP contribution in [0.4, 0.5) is 0 Å². The van der Waals surface area contributed by atoms with Gasteiger partial charge in [-0.1, -0.05) is 12.1 Å². The molecule has 0 unspecified atom stereocenters. The van der Waals surface area contributed by atoms with Gasteiger partial charge in [-0.05, 0) is 25.1 Å². The Labute approximate surface area is 116 Å². The number of carboxylic acids is 1. The highest BCUT2D eigenvalue weighted by molar-refractivity contribution is 5.85. The van der Waals surface area contributed by atoms with Crippen LogP contribution in [-0.4, -0.2) is 27.7 Å². The van der Waals surface area contributed by atoms with Crippen molar-refractivity contribution in [3.05, 3.63) is 48.3 Å². The van der Waals surface area contributed by atoms with Crippen molar-refractivity contribution in [2.45, 2.75) is 6.92 Å². The van der Waals surface area contributed by atoms with E-state index in [1.54, 1.807) is 12.4 Å². The zero-order valence-corrected chi connectivity index (χ0v) is 11.0. The Morgan fingerprint density at radius 1 is 1.30 bits per heavy atom. The first-order valence-corrected chi connectivity index (χ1v) is 6.16. The van der Waals surface area contributed by atoms with Crippen LogP contribution in [0.15, 0.2) is 42.7 Å². The molecule has 102 valence electrons. The number of aliphatic carboxylic acids is 1. The largest absolute Gasteiger partial charge is 0.493 e. The Kier molecular flexibility index (Phi) is 4.44. The van der Waals surface area contributed by atoms with Crippen LogP contribution in [0, 0.1) is 0 Å². The molecule has 0 amide bonds. The van der Waals surface area contributed by atoms with Crippen LogP contribution in [0.25, 0.3) is 17.5 Å². The zero-order valence-electron chi connectivity index (χ0n) is 11.0. The summed E-state index contributed by atoms with van der Waals surface area (Å²) in [6, 6.07) is 7.52. The molecule has 0 saturated heterocycles. The van der Waals surface area contributed by atoms with Gasteiger partial charge in [-0.25, -0.2) is 14.8 Å². The van der Waals surface area contributed by atoms with Crippen LogP contribution in [0.2, 0.25) is 0 Å². The first-order chi connectivity index (χ1) is 9.70. The van der Waals surface area contributed by atoms with E-state index in [2.05, 4.69) is 9.97 Å². The van der Waals surface area contributed by atoms with E-state index in [0.29, 0.717) is 18.0 Å². The van der Waals surface area contributed by atoms with E-state index in [4.69, 9.17) is 9.84 Å². The highest BCUT2D eigenvalue weighted by Gasteiger charge is 2.07. The average Bonchev–Trinajstić information content (AvgIpc) is 2.47. The SMILES string of the molecule is CCOc1ccccc1-c1ncc(/C=C/C(=O)O)cn1. The summed E-state index contributed by atoms with van der Waals surface area (Å²) in [6.45, 7) is 2.48. The van der Waals surface area contributed by atoms with E-state index in [1.165, 1.54) is 6.08 Å². The third-order valence-electron chi connectivity index (χ3n) is 2.52. The van der Waals surface area contributed by atoms with Crippen molar-refractivity contribution >= 4 is 12.0 Å². The summed E-state index contributed by atoms with van der Waals surface area (Å²) in [4.78, 5) is 18.9. The van der Waals surface area contributed by atoms with Crippen LogP contribution in [0.5, 0.6) is 5.75 Å². The van der Waals surface area contributed by atoms with E-state index in [0.717, 1.165) is 17.4 Å². The summed E-state index contributed by atoms with van der Waals surface area (Å²) in [5, 5.41) is 8.56. The molecule has 0 saturated carbocycles. The quantitative estimate of drug-likeness (QED) is 0.845. The minimum atomic E-state index is -1.00. The lowest BCUT2D eigenvalue weighted by Gasteiger charge is -2.08. The minimum absolute atomic E-state index is 0.543. The summed E-state index contributed by atoms with van der Waals surface area (Å²) in [5.41, 5.74) is 1.44. The fraction of sp³-hybridized carbons (Fsp3) is 0.133. The molecule has 2 rings (SSSR count). The lowest BCUT2D eigenvalue weighted by atomic mass is 10.2. The summed E-state index contributed by atoms with van der Waals surface area (Å²) < 4.78 is 5.53. The lowest BCUT2D eigenvalue weighted by Crippen LogP contribution is -1.96. The summed E-state index contributed by atoms with van der Waals surface area (Å²) in [6.07, 6.45) is 5.64.